The third-order valence-electron chi connectivity index (χ3n) is 8.47. The minimum absolute atomic E-state index is 0.148. The predicted molar refractivity (Wildman–Crippen MR) is 133 cm³/mol. The molecule has 2 aliphatic rings. The van der Waals surface area contributed by atoms with E-state index < -0.39 is 23.2 Å². The van der Waals surface area contributed by atoms with Crippen LogP contribution in [0, 0.1) is 17.0 Å². The van der Waals surface area contributed by atoms with Crippen LogP contribution in [-0.4, -0.2) is 41.2 Å². The molecule has 190 valence electrons. The summed E-state index contributed by atoms with van der Waals surface area (Å²) in [6, 6.07) is 5.61. The Bertz CT molecular complexity index is 1480. The molecule has 1 fully saturated rings. The molecular formula is C28H28F2N6O. The van der Waals surface area contributed by atoms with Crippen molar-refractivity contribution in [2.75, 3.05) is 0 Å². The van der Waals surface area contributed by atoms with Gasteiger partial charge in [-0.05, 0) is 54.4 Å². The van der Waals surface area contributed by atoms with Gasteiger partial charge in [-0.15, -0.1) is 5.10 Å². The zero-order chi connectivity index (χ0) is 25.9. The first-order chi connectivity index (χ1) is 17.8. The van der Waals surface area contributed by atoms with Gasteiger partial charge in [-0.1, -0.05) is 26.8 Å². The predicted octanol–water partition coefficient (Wildman–Crippen LogP) is 5.05. The number of hydrogen-bond acceptors (Lipinski definition) is 6. The summed E-state index contributed by atoms with van der Waals surface area (Å²) < 4.78 is 30.8. The summed E-state index contributed by atoms with van der Waals surface area (Å²) in [5.41, 5.74) is 3.36. The molecule has 3 heterocycles. The monoisotopic (exact) mass is 502 g/mol. The molecule has 0 aliphatic heterocycles. The van der Waals surface area contributed by atoms with E-state index in [9.17, 15) is 13.9 Å². The summed E-state index contributed by atoms with van der Waals surface area (Å²) in [5.74, 6) is -1.16. The lowest BCUT2D eigenvalue weighted by molar-refractivity contribution is 0.145. The molecule has 7 nitrogen and oxygen atoms in total. The molecule has 3 atom stereocenters. The quantitative estimate of drug-likeness (QED) is 0.397. The van der Waals surface area contributed by atoms with Crippen molar-refractivity contribution in [3.8, 4) is 22.5 Å². The molecule has 1 N–H and O–H groups in total. The van der Waals surface area contributed by atoms with Crippen LogP contribution < -0.4 is 0 Å². The van der Waals surface area contributed by atoms with Crippen molar-refractivity contribution in [1.29, 1.82) is 0 Å². The summed E-state index contributed by atoms with van der Waals surface area (Å²) in [4.78, 5) is 9.58. The Hall–Kier alpha value is -3.59. The van der Waals surface area contributed by atoms with Gasteiger partial charge in [0.1, 0.15) is 11.6 Å². The normalized spacial score (nSPS) is 22.3. The van der Waals surface area contributed by atoms with Crippen LogP contribution in [0.4, 0.5) is 8.78 Å². The molecule has 9 heteroatoms. The third kappa shape index (κ3) is 3.43. The van der Waals surface area contributed by atoms with Crippen molar-refractivity contribution in [1.82, 2.24) is 29.9 Å². The van der Waals surface area contributed by atoms with E-state index >= 15 is 0 Å². The molecule has 2 bridgehead atoms. The number of benzene rings is 1. The average Bonchev–Trinajstić information content (AvgIpc) is 3.51. The average molecular weight is 503 g/mol. The lowest BCUT2D eigenvalue weighted by Crippen LogP contribution is -2.38. The molecule has 0 unspecified atom stereocenters. The van der Waals surface area contributed by atoms with Crippen LogP contribution in [0.15, 0.2) is 49.1 Å². The smallest absolute Gasteiger partial charge is 0.135 e. The standard InChI is InChI=1S/C28H28F2N6O/c1-4-17(37)15-36-14-16(11-32-36)23-12-31-13-24(33-23)28-9-8-19(27(28,2)3)18-10-22(34-35-26(18)28)25-20(29)6-5-7-21(25)30/h5-7,10-14,17,19,37H,4,8-9,15H2,1-3H3/t17-,19-,28-/m0/s1. The number of nitrogens with zero attached hydrogens (tertiary/aromatic N) is 6. The third-order valence-corrected chi connectivity index (χ3v) is 8.47. The lowest BCUT2D eigenvalue weighted by atomic mass is 9.66. The van der Waals surface area contributed by atoms with Crippen LogP contribution in [0.25, 0.3) is 22.5 Å². The van der Waals surface area contributed by atoms with E-state index in [1.54, 1.807) is 29.3 Å². The number of aliphatic hydroxyl groups is 1. The molecule has 37 heavy (non-hydrogen) atoms. The SMILES string of the molecule is CC[C@H](O)Cn1cc(-c2cncc([C@@]34CC[C@@H](c5cc(-c6c(F)cccc6F)nnc53)C4(C)C)n2)cn1. The number of halogens is 2. The Balaban J connectivity index is 1.43. The van der Waals surface area contributed by atoms with Gasteiger partial charge in [-0.3, -0.25) is 9.67 Å². The second kappa shape index (κ2) is 8.48. The summed E-state index contributed by atoms with van der Waals surface area (Å²) in [7, 11) is 0. The van der Waals surface area contributed by atoms with E-state index in [1.807, 2.05) is 13.1 Å². The van der Waals surface area contributed by atoms with Gasteiger partial charge < -0.3 is 5.11 Å². The van der Waals surface area contributed by atoms with E-state index in [4.69, 9.17) is 4.98 Å². The van der Waals surface area contributed by atoms with Crippen molar-refractivity contribution in [3.05, 3.63) is 77.6 Å². The van der Waals surface area contributed by atoms with Gasteiger partial charge in [0.2, 0.25) is 0 Å². The number of fused-ring (bicyclic) bond motifs is 5. The second-order valence-electron chi connectivity index (χ2n) is 10.7. The number of aromatic nitrogens is 6. The van der Waals surface area contributed by atoms with Crippen LogP contribution in [0.1, 0.15) is 62.9 Å². The van der Waals surface area contributed by atoms with E-state index in [2.05, 4.69) is 34.1 Å². The summed E-state index contributed by atoms with van der Waals surface area (Å²) in [6.45, 7) is 6.75. The first-order valence-electron chi connectivity index (χ1n) is 12.6. The minimum atomic E-state index is -0.656. The Labute approximate surface area is 213 Å². The highest BCUT2D eigenvalue weighted by Gasteiger charge is 2.65. The Kier molecular flexibility index (Phi) is 5.45. The highest BCUT2D eigenvalue weighted by Crippen LogP contribution is 2.69. The van der Waals surface area contributed by atoms with Gasteiger partial charge in [0.25, 0.3) is 0 Å². The molecular weight excluding hydrogens is 474 g/mol. The topological polar surface area (TPSA) is 89.6 Å². The first-order valence-corrected chi connectivity index (χ1v) is 12.6. The Morgan fingerprint density at radius 2 is 1.89 bits per heavy atom. The molecule has 2 aliphatic carbocycles. The largest absolute Gasteiger partial charge is 0.391 e. The number of rotatable bonds is 6. The molecule has 0 spiro atoms. The molecule has 1 aromatic carbocycles. The van der Waals surface area contributed by atoms with Crippen molar-refractivity contribution in [3.63, 3.8) is 0 Å². The van der Waals surface area contributed by atoms with Gasteiger partial charge in [-0.2, -0.15) is 10.2 Å². The van der Waals surface area contributed by atoms with Gasteiger partial charge in [-0.25, -0.2) is 13.8 Å². The fraction of sp³-hybridized carbons (Fsp3) is 0.393. The molecule has 6 rings (SSSR count). The van der Waals surface area contributed by atoms with Crippen LogP contribution in [-0.2, 0) is 12.0 Å². The minimum Gasteiger partial charge on any atom is -0.391 e. The summed E-state index contributed by atoms with van der Waals surface area (Å²) in [6.07, 6.45) is 9.02. The van der Waals surface area contributed by atoms with Gasteiger partial charge >= 0.3 is 0 Å². The number of hydrogen-bond donors (Lipinski definition) is 1. The lowest BCUT2D eigenvalue weighted by Gasteiger charge is -2.37. The molecule has 3 aromatic heterocycles. The van der Waals surface area contributed by atoms with Gasteiger partial charge in [0.05, 0.1) is 58.8 Å². The molecule has 0 amide bonds. The van der Waals surface area contributed by atoms with Crippen LogP contribution >= 0.6 is 0 Å². The van der Waals surface area contributed by atoms with E-state index in [-0.39, 0.29) is 22.6 Å². The van der Waals surface area contributed by atoms with E-state index in [0.717, 1.165) is 35.4 Å². The van der Waals surface area contributed by atoms with Crippen molar-refractivity contribution in [2.24, 2.45) is 5.41 Å². The van der Waals surface area contributed by atoms with Crippen LogP contribution in [0.3, 0.4) is 0 Å². The highest BCUT2D eigenvalue weighted by molar-refractivity contribution is 5.64. The maximum Gasteiger partial charge on any atom is 0.135 e. The van der Waals surface area contributed by atoms with E-state index in [1.165, 1.54) is 18.2 Å². The Morgan fingerprint density at radius 1 is 1.11 bits per heavy atom. The van der Waals surface area contributed by atoms with Crippen molar-refractivity contribution >= 4 is 0 Å². The maximum absolute atomic E-state index is 14.5. The van der Waals surface area contributed by atoms with Gasteiger partial charge in [0, 0.05) is 18.0 Å². The molecule has 0 saturated heterocycles. The fourth-order valence-corrected chi connectivity index (χ4v) is 6.41. The summed E-state index contributed by atoms with van der Waals surface area (Å²) >= 11 is 0. The molecule has 0 radical (unpaired) electrons. The second-order valence-corrected chi connectivity index (χ2v) is 10.7. The highest BCUT2D eigenvalue weighted by atomic mass is 19.1. The van der Waals surface area contributed by atoms with E-state index in [0.29, 0.717) is 18.7 Å². The van der Waals surface area contributed by atoms with Crippen LogP contribution in [0.2, 0.25) is 0 Å². The van der Waals surface area contributed by atoms with Gasteiger partial charge in [0.15, 0.2) is 0 Å². The zero-order valence-corrected chi connectivity index (χ0v) is 21.0. The van der Waals surface area contributed by atoms with Crippen LogP contribution in [0.5, 0.6) is 0 Å². The first kappa shape index (κ1) is 23.8. The van der Waals surface area contributed by atoms with Crippen molar-refractivity contribution in [2.45, 2.75) is 64.0 Å². The maximum atomic E-state index is 14.5. The van der Waals surface area contributed by atoms with Crippen molar-refractivity contribution < 1.29 is 13.9 Å². The molecule has 4 aromatic rings. The summed E-state index contributed by atoms with van der Waals surface area (Å²) in [5, 5.41) is 23.3. The Morgan fingerprint density at radius 3 is 2.65 bits per heavy atom. The zero-order valence-electron chi connectivity index (χ0n) is 21.0. The number of aliphatic hydroxyl groups excluding tert-OH is 1. The molecule has 1 saturated carbocycles. The fourth-order valence-electron chi connectivity index (χ4n) is 6.41.